The molecule has 26 heavy (non-hydrogen) atoms. The van der Waals surface area contributed by atoms with Crippen LogP contribution in [0.1, 0.15) is 72.1 Å². The van der Waals surface area contributed by atoms with Gasteiger partial charge in [-0.05, 0) is 55.8 Å². The van der Waals surface area contributed by atoms with E-state index in [4.69, 9.17) is 5.11 Å². The van der Waals surface area contributed by atoms with E-state index in [2.05, 4.69) is 20.8 Å². The second-order valence-corrected chi connectivity index (χ2v) is 8.13. The van der Waals surface area contributed by atoms with Crippen molar-refractivity contribution in [3.05, 3.63) is 24.3 Å². The summed E-state index contributed by atoms with van der Waals surface area (Å²) in [6.07, 6.45) is 13.8. The Hall–Kier alpha value is -1.13. The number of carboxylic acid groups (broad SMARTS) is 1. The first kappa shape index (κ1) is 22.9. The van der Waals surface area contributed by atoms with Crippen molar-refractivity contribution in [1.82, 2.24) is 0 Å². The second-order valence-electron chi connectivity index (χ2n) is 8.13. The van der Waals surface area contributed by atoms with Crippen molar-refractivity contribution in [2.24, 2.45) is 23.7 Å². The van der Waals surface area contributed by atoms with Gasteiger partial charge in [-0.25, -0.2) is 4.79 Å². The Balaban J connectivity index is 2.51. The van der Waals surface area contributed by atoms with Crippen LogP contribution in [0.25, 0.3) is 0 Å². The molecular formula is C22H38O4. The van der Waals surface area contributed by atoms with E-state index in [1.165, 1.54) is 12.8 Å². The Labute approximate surface area is 159 Å². The maximum Gasteiger partial charge on any atom is 0.328 e. The lowest BCUT2D eigenvalue weighted by molar-refractivity contribution is -0.131. The molecule has 4 heteroatoms. The standard InChI is InChI=1S/C22H38O4/c1-4-5-6-10-18(23)12-13-19-20(17(3)15-21(19)24)14-16(2)9-7-8-11-22(25)26/h7-9,11,16-21,23-24H,4-6,10,12-15H2,1-3H3,(H,25,26)/b9-7+,11-8+/t16?,17?,18-,19+,20?,21?/m0/s1. The molecular weight excluding hydrogens is 328 g/mol. The summed E-state index contributed by atoms with van der Waals surface area (Å²) in [5.41, 5.74) is 0. The van der Waals surface area contributed by atoms with E-state index < -0.39 is 5.97 Å². The molecule has 1 aliphatic rings. The van der Waals surface area contributed by atoms with Gasteiger partial charge in [-0.1, -0.05) is 58.3 Å². The van der Waals surface area contributed by atoms with Crippen molar-refractivity contribution in [1.29, 1.82) is 0 Å². The van der Waals surface area contributed by atoms with E-state index in [0.29, 0.717) is 17.8 Å². The highest BCUT2D eigenvalue weighted by molar-refractivity contribution is 5.80. The number of carbonyl (C=O) groups is 1. The Morgan fingerprint density at radius 1 is 1.19 bits per heavy atom. The fraction of sp³-hybridized carbons (Fsp3) is 0.773. The van der Waals surface area contributed by atoms with Gasteiger partial charge >= 0.3 is 5.97 Å². The molecule has 6 atom stereocenters. The van der Waals surface area contributed by atoms with Gasteiger partial charge in [0.05, 0.1) is 12.2 Å². The lowest BCUT2D eigenvalue weighted by Gasteiger charge is -2.27. The quantitative estimate of drug-likeness (QED) is 0.269. The van der Waals surface area contributed by atoms with Gasteiger partial charge in [0.15, 0.2) is 0 Å². The molecule has 1 saturated carbocycles. The highest BCUT2D eigenvalue weighted by Gasteiger charge is 2.40. The minimum absolute atomic E-state index is 0.246. The number of hydrogen-bond acceptors (Lipinski definition) is 3. The molecule has 1 aliphatic carbocycles. The van der Waals surface area contributed by atoms with Crippen LogP contribution >= 0.6 is 0 Å². The molecule has 150 valence electrons. The van der Waals surface area contributed by atoms with E-state index in [9.17, 15) is 15.0 Å². The number of carboxylic acids is 1. The summed E-state index contributed by atoms with van der Waals surface area (Å²) in [5, 5.41) is 29.3. The molecule has 4 unspecified atom stereocenters. The molecule has 0 radical (unpaired) electrons. The van der Waals surface area contributed by atoms with E-state index >= 15 is 0 Å². The Morgan fingerprint density at radius 2 is 1.92 bits per heavy atom. The number of rotatable bonds is 12. The summed E-state index contributed by atoms with van der Waals surface area (Å²) in [4.78, 5) is 10.5. The molecule has 0 aliphatic heterocycles. The third kappa shape index (κ3) is 8.50. The summed E-state index contributed by atoms with van der Waals surface area (Å²) < 4.78 is 0. The van der Waals surface area contributed by atoms with Crippen LogP contribution in [0.5, 0.6) is 0 Å². The normalized spacial score (nSPS) is 28.8. The maximum atomic E-state index is 10.5. The summed E-state index contributed by atoms with van der Waals surface area (Å²) in [7, 11) is 0. The zero-order valence-corrected chi connectivity index (χ0v) is 16.7. The highest BCUT2D eigenvalue weighted by Crippen LogP contribution is 2.43. The first-order valence-electron chi connectivity index (χ1n) is 10.3. The summed E-state index contributed by atoms with van der Waals surface area (Å²) in [6.45, 7) is 6.52. The number of aliphatic hydroxyl groups is 2. The number of aliphatic hydroxyl groups excluding tert-OH is 2. The predicted molar refractivity (Wildman–Crippen MR) is 106 cm³/mol. The maximum absolute atomic E-state index is 10.5. The lowest BCUT2D eigenvalue weighted by atomic mass is 9.80. The van der Waals surface area contributed by atoms with Crippen molar-refractivity contribution in [2.45, 2.75) is 84.3 Å². The van der Waals surface area contributed by atoms with Crippen LogP contribution in [0.3, 0.4) is 0 Å². The van der Waals surface area contributed by atoms with Gasteiger partial charge in [-0.3, -0.25) is 0 Å². The number of aliphatic carboxylic acids is 1. The number of allylic oxidation sites excluding steroid dienone is 3. The van der Waals surface area contributed by atoms with Gasteiger partial charge in [0, 0.05) is 6.08 Å². The van der Waals surface area contributed by atoms with E-state index in [1.807, 2.05) is 6.08 Å². The first-order chi connectivity index (χ1) is 12.3. The van der Waals surface area contributed by atoms with Crippen molar-refractivity contribution >= 4 is 5.97 Å². The molecule has 0 amide bonds. The van der Waals surface area contributed by atoms with Crippen LogP contribution in [-0.2, 0) is 4.79 Å². The van der Waals surface area contributed by atoms with Gasteiger partial charge in [0.1, 0.15) is 0 Å². The molecule has 0 saturated heterocycles. The lowest BCUT2D eigenvalue weighted by Crippen LogP contribution is -2.23. The molecule has 1 fully saturated rings. The molecule has 3 N–H and O–H groups in total. The minimum Gasteiger partial charge on any atom is -0.478 e. The smallest absolute Gasteiger partial charge is 0.328 e. The molecule has 4 nitrogen and oxygen atoms in total. The average molecular weight is 367 g/mol. The molecule has 0 aromatic heterocycles. The third-order valence-electron chi connectivity index (χ3n) is 5.80. The van der Waals surface area contributed by atoms with E-state index in [1.54, 1.807) is 12.2 Å². The van der Waals surface area contributed by atoms with Crippen LogP contribution in [-0.4, -0.2) is 33.5 Å². The fourth-order valence-corrected chi connectivity index (χ4v) is 4.31. The zero-order valence-electron chi connectivity index (χ0n) is 16.7. The SMILES string of the molecule is CCCCC[C@H](O)CC[C@H]1C(O)CC(C)C1CC(C)/C=C/C=C/C(=O)O. The van der Waals surface area contributed by atoms with Gasteiger partial charge in [0.25, 0.3) is 0 Å². The van der Waals surface area contributed by atoms with Crippen molar-refractivity contribution < 1.29 is 20.1 Å². The average Bonchev–Trinajstić information content (AvgIpc) is 2.83. The van der Waals surface area contributed by atoms with Gasteiger partial charge in [-0.2, -0.15) is 0 Å². The predicted octanol–water partition coefficient (Wildman–Crippen LogP) is 4.56. The fourth-order valence-electron chi connectivity index (χ4n) is 4.31. The van der Waals surface area contributed by atoms with E-state index in [-0.39, 0.29) is 18.1 Å². The van der Waals surface area contributed by atoms with Crippen molar-refractivity contribution in [3.8, 4) is 0 Å². The summed E-state index contributed by atoms with van der Waals surface area (Å²) in [5.74, 6) is 0.598. The number of hydrogen-bond donors (Lipinski definition) is 3. The monoisotopic (exact) mass is 366 g/mol. The third-order valence-corrected chi connectivity index (χ3v) is 5.80. The van der Waals surface area contributed by atoms with Gasteiger partial charge < -0.3 is 15.3 Å². The molecule has 0 aromatic carbocycles. The van der Waals surface area contributed by atoms with Gasteiger partial charge in [0.2, 0.25) is 0 Å². The first-order valence-corrected chi connectivity index (χ1v) is 10.3. The van der Waals surface area contributed by atoms with Gasteiger partial charge in [-0.15, -0.1) is 0 Å². The number of unbranched alkanes of at least 4 members (excludes halogenated alkanes) is 2. The largest absolute Gasteiger partial charge is 0.478 e. The highest BCUT2D eigenvalue weighted by atomic mass is 16.4. The molecule has 0 aromatic rings. The Morgan fingerprint density at radius 3 is 2.58 bits per heavy atom. The summed E-state index contributed by atoms with van der Waals surface area (Å²) >= 11 is 0. The van der Waals surface area contributed by atoms with Crippen LogP contribution in [0.4, 0.5) is 0 Å². The second kappa shape index (κ2) is 12.3. The van der Waals surface area contributed by atoms with Crippen molar-refractivity contribution in [2.75, 3.05) is 0 Å². The molecule has 1 rings (SSSR count). The van der Waals surface area contributed by atoms with Crippen LogP contribution in [0, 0.1) is 23.7 Å². The van der Waals surface area contributed by atoms with E-state index in [0.717, 1.165) is 44.6 Å². The summed E-state index contributed by atoms with van der Waals surface area (Å²) in [6, 6.07) is 0. The minimum atomic E-state index is -0.938. The van der Waals surface area contributed by atoms with Crippen molar-refractivity contribution in [3.63, 3.8) is 0 Å². The molecule has 0 spiro atoms. The zero-order chi connectivity index (χ0) is 19.5. The Bertz CT molecular complexity index is 457. The van der Waals surface area contributed by atoms with Crippen LogP contribution in [0.15, 0.2) is 24.3 Å². The van der Waals surface area contributed by atoms with Crippen LogP contribution < -0.4 is 0 Å². The topological polar surface area (TPSA) is 77.8 Å². The molecule has 0 heterocycles. The van der Waals surface area contributed by atoms with Crippen LogP contribution in [0.2, 0.25) is 0 Å². The Kier molecular flexibility index (Phi) is 10.8. The molecule has 0 bridgehead atoms.